The average molecular weight is 456 g/mol. The topological polar surface area (TPSA) is 29.1 Å². The lowest BCUT2D eigenvalue weighted by Crippen LogP contribution is -2.24. The second-order valence-electron chi connectivity index (χ2n) is 4.29. The maximum absolute atomic E-state index is 12.0. The van der Waals surface area contributed by atoms with Gasteiger partial charge in [0.2, 0.25) is 0 Å². The highest BCUT2D eigenvalue weighted by atomic mass is 127. The molecule has 106 valence electrons. The van der Waals surface area contributed by atoms with Gasteiger partial charge in [-0.25, -0.2) is 0 Å². The summed E-state index contributed by atoms with van der Waals surface area (Å²) in [5.41, 5.74) is 0.717. The Bertz CT molecular complexity index is 414. The van der Waals surface area contributed by atoms with E-state index < -0.39 is 0 Å². The van der Waals surface area contributed by atoms with Gasteiger partial charge in [0.15, 0.2) is 0 Å². The fourth-order valence-electron chi connectivity index (χ4n) is 1.69. The Hall–Kier alpha value is 0.250. The van der Waals surface area contributed by atoms with Gasteiger partial charge in [-0.05, 0) is 81.6 Å². The van der Waals surface area contributed by atoms with Crippen LogP contribution in [0.25, 0.3) is 0 Å². The lowest BCUT2D eigenvalue weighted by Gasteiger charge is -2.07. The van der Waals surface area contributed by atoms with Crippen LogP contribution in [0.3, 0.4) is 0 Å². The van der Waals surface area contributed by atoms with Crippen molar-refractivity contribution in [1.82, 2.24) is 5.32 Å². The minimum atomic E-state index is 0.00880. The highest BCUT2D eigenvalue weighted by Crippen LogP contribution is 2.19. The highest BCUT2D eigenvalue weighted by Gasteiger charge is 2.09. The van der Waals surface area contributed by atoms with E-state index in [1.54, 1.807) is 0 Å². The largest absolute Gasteiger partial charge is 0.352 e. The first kappa shape index (κ1) is 17.3. The van der Waals surface area contributed by atoms with Crippen LogP contribution >= 0.6 is 50.3 Å². The third-order valence-corrected chi connectivity index (χ3v) is 4.79. The van der Waals surface area contributed by atoms with Gasteiger partial charge in [0, 0.05) is 14.6 Å². The second kappa shape index (κ2) is 10.0. The molecular weight excluding hydrogens is 437 g/mol. The molecule has 0 bridgehead atoms. The zero-order chi connectivity index (χ0) is 14.1. The van der Waals surface area contributed by atoms with E-state index in [0.29, 0.717) is 5.56 Å². The molecule has 2 nitrogen and oxygen atoms in total. The Kier molecular flexibility index (Phi) is 9.15. The molecule has 1 N–H and O–H groups in total. The van der Waals surface area contributed by atoms with Crippen molar-refractivity contribution >= 4 is 56.2 Å². The summed E-state index contributed by atoms with van der Waals surface area (Å²) in [6.45, 7) is 0.760. The number of nitrogens with one attached hydrogen (secondary N) is 1. The van der Waals surface area contributed by atoms with E-state index in [1.807, 2.05) is 30.0 Å². The molecule has 5 heteroatoms. The van der Waals surface area contributed by atoms with E-state index in [2.05, 4.69) is 50.1 Å². The summed E-state index contributed by atoms with van der Waals surface area (Å²) in [5.74, 6) is 1.25. The van der Waals surface area contributed by atoms with E-state index in [4.69, 9.17) is 0 Å². The summed E-state index contributed by atoms with van der Waals surface area (Å²) < 4.78 is 1.92. The van der Waals surface area contributed by atoms with Gasteiger partial charge in [0.1, 0.15) is 0 Å². The maximum Gasteiger partial charge on any atom is 0.252 e. The summed E-state index contributed by atoms with van der Waals surface area (Å²) in [7, 11) is 0. The number of hydrogen-bond acceptors (Lipinski definition) is 2. The van der Waals surface area contributed by atoms with Crippen molar-refractivity contribution in [3.63, 3.8) is 0 Å². The lowest BCUT2D eigenvalue weighted by molar-refractivity contribution is 0.0952. The van der Waals surface area contributed by atoms with Crippen molar-refractivity contribution in [2.45, 2.75) is 25.7 Å². The van der Waals surface area contributed by atoms with Gasteiger partial charge in [0.05, 0.1) is 5.56 Å². The first-order chi connectivity index (χ1) is 9.15. The van der Waals surface area contributed by atoms with Crippen molar-refractivity contribution in [3.8, 4) is 0 Å². The van der Waals surface area contributed by atoms with Gasteiger partial charge in [0.25, 0.3) is 5.91 Å². The number of unbranched alkanes of at least 4 members (excludes halogenated alkanes) is 3. The number of thioether (sulfide) groups is 1. The molecule has 1 aromatic carbocycles. The third-order valence-electron chi connectivity index (χ3n) is 2.73. The zero-order valence-corrected chi connectivity index (χ0v) is 15.6. The van der Waals surface area contributed by atoms with Crippen LogP contribution in [0.4, 0.5) is 0 Å². The lowest BCUT2D eigenvalue weighted by atomic mass is 10.2. The minimum absolute atomic E-state index is 0.00880. The van der Waals surface area contributed by atoms with E-state index in [-0.39, 0.29) is 5.91 Å². The molecule has 0 spiro atoms. The summed E-state index contributed by atoms with van der Waals surface area (Å²) in [6, 6.07) is 5.80. The van der Waals surface area contributed by atoms with Crippen molar-refractivity contribution < 1.29 is 4.79 Å². The second-order valence-corrected chi connectivity index (χ2v) is 7.37. The van der Waals surface area contributed by atoms with Gasteiger partial charge < -0.3 is 5.32 Å². The molecule has 0 unspecified atom stereocenters. The van der Waals surface area contributed by atoms with Gasteiger partial charge >= 0.3 is 0 Å². The highest BCUT2D eigenvalue weighted by molar-refractivity contribution is 14.1. The van der Waals surface area contributed by atoms with Crippen LogP contribution < -0.4 is 5.32 Å². The van der Waals surface area contributed by atoms with Crippen molar-refractivity contribution in [2.75, 3.05) is 18.6 Å². The molecule has 0 fully saturated rings. The third kappa shape index (κ3) is 6.99. The van der Waals surface area contributed by atoms with Gasteiger partial charge in [-0.15, -0.1) is 0 Å². The van der Waals surface area contributed by atoms with E-state index >= 15 is 0 Å². The maximum atomic E-state index is 12.0. The summed E-state index contributed by atoms with van der Waals surface area (Å²) in [5, 5.41) is 2.98. The van der Waals surface area contributed by atoms with Crippen molar-refractivity contribution in [3.05, 3.63) is 31.8 Å². The molecule has 0 aliphatic carbocycles. The van der Waals surface area contributed by atoms with Crippen LogP contribution in [0.1, 0.15) is 36.0 Å². The fourth-order valence-corrected chi connectivity index (χ4v) is 3.10. The molecule has 1 amide bonds. The molecular formula is C14H19BrINOS. The number of halogens is 2. The average Bonchev–Trinajstić information content (AvgIpc) is 2.40. The van der Waals surface area contributed by atoms with Crippen molar-refractivity contribution in [1.29, 1.82) is 0 Å². The first-order valence-electron chi connectivity index (χ1n) is 6.37. The van der Waals surface area contributed by atoms with Crippen LogP contribution in [-0.4, -0.2) is 24.5 Å². The molecule has 0 aliphatic heterocycles. The smallest absolute Gasteiger partial charge is 0.252 e. The van der Waals surface area contributed by atoms with Crippen LogP contribution in [0, 0.1) is 3.57 Å². The molecule has 0 saturated carbocycles. The monoisotopic (exact) mass is 455 g/mol. The van der Waals surface area contributed by atoms with Gasteiger partial charge in [-0.2, -0.15) is 11.8 Å². The molecule has 0 aromatic heterocycles. The Morgan fingerprint density at radius 3 is 2.79 bits per heavy atom. The number of rotatable bonds is 8. The number of carbonyl (C=O) groups is 1. The minimum Gasteiger partial charge on any atom is -0.352 e. The summed E-state index contributed by atoms with van der Waals surface area (Å²) >= 11 is 7.53. The number of hydrogen-bond donors (Lipinski definition) is 1. The van der Waals surface area contributed by atoms with Gasteiger partial charge in [-0.3, -0.25) is 4.79 Å². The quantitative estimate of drug-likeness (QED) is 0.454. The van der Waals surface area contributed by atoms with Crippen LogP contribution in [0.15, 0.2) is 22.7 Å². The first-order valence-corrected chi connectivity index (χ1v) is 9.64. The van der Waals surface area contributed by atoms with Crippen LogP contribution in [-0.2, 0) is 0 Å². The molecule has 0 atom stereocenters. The predicted octanol–water partition coefficient (Wildman–Crippen LogP) is 4.71. The van der Waals surface area contributed by atoms with Crippen LogP contribution in [0.2, 0.25) is 0 Å². The molecule has 0 radical (unpaired) electrons. The predicted molar refractivity (Wildman–Crippen MR) is 96.0 cm³/mol. The molecule has 0 aliphatic rings. The standard InChI is InChI=1S/C14H19BrINOS/c1-19-9-5-3-2-4-8-17-14(18)12-10-11(16)6-7-13(12)15/h6-7,10H,2-5,8-9H2,1H3,(H,17,18). The Morgan fingerprint density at radius 2 is 2.05 bits per heavy atom. The van der Waals surface area contributed by atoms with Gasteiger partial charge in [-0.1, -0.05) is 12.8 Å². The normalized spacial score (nSPS) is 10.5. The Labute approximate surface area is 141 Å². The Morgan fingerprint density at radius 1 is 1.32 bits per heavy atom. The molecule has 1 aromatic rings. The van der Waals surface area contributed by atoms with Crippen molar-refractivity contribution in [2.24, 2.45) is 0 Å². The number of carbonyl (C=O) groups excluding carboxylic acids is 1. The number of benzene rings is 1. The van der Waals surface area contributed by atoms with E-state index in [1.165, 1.54) is 25.0 Å². The molecule has 0 saturated heterocycles. The Balaban J connectivity index is 2.26. The fraction of sp³-hybridized carbons (Fsp3) is 0.500. The number of amides is 1. The summed E-state index contributed by atoms with van der Waals surface area (Å²) in [4.78, 5) is 12.0. The molecule has 0 heterocycles. The van der Waals surface area contributed by atoms with Crippen LogP contribution in [0.5, 0.6) is 0 Å². The molecule has 19 heavy (non-hydrogen) atoms. The van der Waals surface area contributed by atoms with E-state index in [0.717, 1.165) is 21.0 Å². The zero-order valence-electron chi connectivity index (χ0n) is 11.0. The SMILES string of the molecule is CSCCCCCCNC(=O)c1cc(I)ccc1Br. The molecule has 1 rings (SSSR count). The van der Waals surface area contributed by atoms with E-state index in [9.17, 15) is 4.79 Å². The summed E-state index contributed by atoms with van der Waals surface area (Å²) in [6.07, 6.45) is 6.91.